The van der Waals surface area contributed by atoms with Gasteiger partial charge in [0.2, 0.25) is 5.91 Å². The van der Waals surface area contributed by atoms with Crippen LogP contribution in [0.15, 0.2) is 24.3 Å². The standard InChI is InChI=1S/C20H25F3N2O/c21-20(22,23)16-4-2-15(3-5-16)12-24-11-1-9-19(13-24)10-8-18(26)25(14-19)17-6-7-17/h2-5,17H,1,6-14H2. The molecule has 2 saturated heterocycles. The Kier molecular flexibility index (Phi) is 4.49. The van der Waals surface area contributed by atoms with Crippen LogP contribution < -0.4 is 0 Å². The van der Waals surface area contributed by atoms with Gasteiger partial charge in [-0.2, -0.15) is 13.2 Å². The van der Waals surface area contributed by atoms with E-state index in [1.807, 2.05) is 0 Å². The summed E-state index contributed by atoms with van der Waals surface area (Å²) in [6, 6.07) is 5.98. The highest BCUT2D eigenvalue weighted by molar-refractivity contribution is 5.78. The fraction of sp³-hybridized carbons (Fsp3) is 0.650. The fourth-order valence-corrected chi connectivity index (χ4v) is 4.60. The minimum atomic E-state index is -4.28. The molecule has 2 aliphatic heterocycles. The molecule has 0 bridgehead atoms. The molecule has 4 rings (SSSR count). The number of rotatable bonds is 3. The molecule has 2 heterocycles. The highest BCUT2D eigenvalue weighted by Crippen LogP contribution is 2.42. The number of benzene rings is 1. The van der Waals surface area contributed by atoms with Crippen LogP contribution in [0, 0.1) is 5.41 Å². The number of carbonyl (C=O) groups is 1. The molecule has 3 aliphatic rings. The summed E-state index contributed by atoms with van der Waals surface area (Å²) in [5.41, 5.74) is 0.490. The minimum Gasteiger partial charge on any atom is -0.339 e. The van der Waals surface area contributed by atoms with Crippen molar-refractivity contribution >= 4 is 5.91 Å². The monoisotopic (exact) mass is 366 g/mol. The molecule has 1 aliphatic carbocycles. The molecule has 142 valence electrons. The summed E-state index contributed by atoms with van der Waals surface area (Å²) in [4.78, 5) is 16.7. The van der Waals surface area contributed by atoms with E-state index in [2.05, 4.69) is 9.80 Å². The van der Waals surface area contributed by atoms with Crippen LogP contribution in [-0.2, 0) is 17.5 Å². The number of piperidine rings is 2. The first kappa shape index (κ1) is 17.8. The maximum Gasteiger partial charge on any atom is 0.416 e. The maximum absolute atomic E-state index is 12.7. The Morgan fingerprint density at radius 1 is 1.08 bits per heavy atom. The van der Waals surface area contributed by atoms with E-state index in [0.717, 1.165) is 57.3 Å². The molecule has 1 aromatic carbocycles. The third-order valence-corrected chi connectivity index (χ3v) is 6.11. The number of amides is 1. The summed E-state index contributed by atoms with van der Waals surface area (Å²) < 4.78 is 38.1. The zero-order valence-electron chi connectivity index (χ0n) is 14.9. The fourth-order valence-electron chi connectivity index (χ4n) is 4.60. The average Bonchev–Trinajstić information content (AvgIpc) is 3.42. The van der Waals surface area contributed by atoms with Crippen LogP contribution in [0.1, 0.15) is 49.7 Å². The van der Waals surface area contributed by atoms with Crippen molar-refractivity contribution in [1.29, 1.82) is 0 Å². The maximum atomic E-state index is 12.7. The van der Waals surface area contributed by atoms with Crippen LogP contribution in [0.4, 0.5) is 13.2 Å². The van der Waals surface area contributed by atoms with Crippen LogP contribution in [0.2, 0.25) is 0 Å². The van der Waals surface area contributed by atoms with E-state index in [9.17, 15) is 18.0 Å². The van der Waals surface area contributed by atoms with Crippen LogP contribution >= 0.6 is 0 Å². The Bertz CT molecular complexity index is 669. The molecule has 3 nitrogen and oxygen atoms in total. The predicted octanol–water partition coefficient (Wildman–Crippen LogP) is 4.07. The molecule has 3 fully saturated rings. The van der Waals surface area contributed by atoms with Gasteiger partial charge in [0.25, 0.3) is 0 Å². The van der Waals surface area contributed by atoms with Crippen molar-refractivity contribution in [2.45, 2.75) is 57.3 Å². The molecule has 1 spiro atoms. The SMILES string of the molecule is O=C1CCC2(CCCN(Cc3ccc(C(F)(F)F)cc3)C2)CN1C1CC1. The molecule has 0 N–H and O–H groups in total. The van der Waals surface area contributed by atoms with Gasteiger partial charge in [-0.1, -0.05) is 12.1 Å². The van der Waals surface area contributed by atoms with Gasteiger partial charge in [0, 0.05) is 37.5 Å². The van der Waals surface area contributed by atoms with E-state index in [4.69, 9.17) is 0 Å². The number of hydrogen-bond donors (Lipinski definition) is 0. The van der Waals surface area contributed by atoms with E-state index in [1.54, 1.807) is 12.1 Å². The number of likely N-dealkylation sites (tertiary alicyclic amines) is 2. The van der Waals surface area contributed by atoms with Crippen molar-refractivity contribution in [2.24, 2.45) is 5.41 Å². The Balaban J connectivity index is 1.41. The van der Waals surface area contributed by atoms with Crippen LogP contribution in [0.5, 0.6) is 0 Å². The highest BCUT2D eigenvalue weighted by atomic mass is 19.4. The third-order valence-electron chi connectivity index (χ3n) is 6.11. The lowest BCUT2D eigenvalue weighted by Crippen LogP contribution is -2.54. The molecule has 26 heavy (non-hydrogen) atoms. The van der Waals surface area contributed by atoms with Crippen molar-refractivity contribution in [2.75, 3.05) is 19.6 Å². The van der Waals surface area contributed by atoms with Gasteiger partial charge in [0.1, 0.15) is 0 Å². The lowest BCUT2D eigenvalue weighted by molar-refractivity contribution is -0.140. The quantitative estimate of drug-likeness (QED) is 0.805. The van der Waals surface area contributed by atoms with Gasteiger partial charge in [-0.05, 0) is 56.3 Å². The van der Waals surface area contributed by atoms with Gasteiger partial charge in [-0.3, -0.25) is 9.69 Å². The van der Waals surface area contributed by atoms with Crippen molar-refractivity contribution in [3.8, 4) is 0 Å². The number of hydrogen-bond acceptors (Lipinski definition) is 2. The number of alkyl halides is 3. The topological polar surface area (TPSA) is 23.6 Å². The third kappa shape index (κ3) is 3.75. The molecule has 1 atom stereocenters. The van der Waals surface area contributed by atoms with E-state index in [-0.39, 0.29) is 5.41 Å². The van der Waals surface area contributed by atoms with E-state index in [1.165, 1.54) is 12.1 Å². The Morgan fingerprint density at radius 3 is 2.46 bits per heavy atom. The first-order chi connectivity index (χ1) is 12.3. The predicted molar refractivity (Wildman–Crippen MR) is 92.4 cm³/mol. The second-order valence-electron chi connectivity index (χ2n) is 8.26. The van der Waals surface area contributed by atoms with E-state index in [0.29, 0.717) is 24.9 Å². The Morgan fingerprint density at radius 2 is 1.81 bits per heavy atom. The summed E-state index contributed by atoms with van der Waals surface area (Å²) in [6.07, 6.45) is 1.81. The second-order valence-corrected chi connectivity index (χ2v) is 8.26. The summed E-state index contributed by atoms with van der Waals surface area (Å²) >= 11 is 0. The summed E-state index contributed by atoms with van der Waals surface area (Å²) in [7, 11) is 0. The molecule has 0 radical (unpaired) electrons. The molecule has 6 heteroatoms. The molecule has 0 aromatic heterocycles. The zero-order valence-corrected chi connectivity index (χ0v) is 14.9. The summed E-state index contributed by atoms with van der Waals surface area (Å²) in [5, 5.41) is 0. The normalized spacial score (nSPS) is 28.0. The highest BCUT2D eigenvalue weighted by Gasteiger charge is 2.45. The summed E-state index contributed by atoms with van der Waals surface area (Å²) in [6.45, 7) is 3.45. The lowest BCUT2D eigenvalue weighted by Gasteiger charge is -2.48. The summed E-state index contributed by atoms with van der Waals surface area (Å²) in [5.74, 6) is 0.304. The number of nitrogens with zero attached hydrogens (tertiary/aromatic N) is 2. The number of halogens is 3. The van der Waals surface area contributed by atoms with Crippen LogP contribution in [0.25, 0.3) is 0 Å². The Labute approximate surface area is 152 Å². The average molecular weight is 366 g/mol. The van der Waals surface area contributed by atoms with Crippen LogP contribution in [-0.4, -0.2) is 41.4 Å². The molecular weight excluding hydrogens is 341 g/mol. The van der Waals surface area contributed by atoms with Crippen molar-refractivity contribution in [1.82, 2.24) is 9.80 Å². The van der Waals surface area contributed by atoms with Crippen molar-refractivity contribution in [3.63, 3.8) is 0 Å². The second kappa shape index (κ2) is 6.55. The first-order valence-electron chi connectivity index (χ1n) is 9.53. The van der Waals surface area contributed by atoms with Crippen molar-refractivity contribution < 1.29 is 18.0 Å². The Hall–Kier alpha value is -1.56. The molecule has 1 saturated carbocycles. The van der Waals surface area contributed by atoms with Gasteiger partial charge in [0.05, 0.1) is 5.56 Å². The van der Waals surface area contributed by atoms with Crippen molar-refractivity contribution in [3.05, 3.63) is 35.4 Å². The number of carbonyl (C=O) groups excluding carboxylic acids is 1. The van der Waals surface area contributed by atoms with Gasteiger partial charge in [0.15, 0.2) is 0 Å². The molecule has 1 amide bonds. The van der Waals surface area contributed by atoms with E-state index >= 15 is 0 Å². The van der Waals surface area contributed by atoms with Gasteiger partial charge >= 0.3 is 6.18 Å². The van der Waals surface area contributed by atoms with Gasteiger partial charge < -0.3 is 4.90 Å². The van der Waals surface area contributed by atoms with Crippen LogP contribution in [0.3, 0.4) is 0 Å². The molecule has 1 unspecified atom stereocenters. The largest absolute Gasteiger partial charge is 0.416 e. The first-order valence-corrected chi connectivity index (χ1v) is 9.53. The minimum absolute atomic E-state index is 0.167. The molecule has 1 aromatic rings. The van der Waals surface area contributed by atoms with Gasteiger partial charge in [-0.15, -0.1) is 0 Å². The zero-order chi connectivity index (χ0) is 18.4. The smallest absolute Gasteiger partial charge is 0.339 e. The molecular formula is C20H25F3N2O. The lowest BCUT2D eigenvalue weighted by atomic mass is 9.73. The van der Waals surface area contributed by atoms with Gasteiger partial charge in [-0.25, -0.2) is 0 Å². The van der Waals surface area contributed by atoms with E-state index < -0.39 is 11.7 Å².